The molecule has 1 aromatic heterocycles. The molecule has 2 aromatic rings. The Bertz CT molecular complexity index is 657. The van der Waals surface area contributed by atoms with Gasteiger partial charge >= 0.3 is 0 Å². The van der Waals surface area contributed by atoms with Crippen LogP contribution in [0.4, 0.5) is 11.5 Å². The Labute approximate surface area is 137 Å². The molecule has 0 atom stereocenters. The first-order valence-electron chi connectivity index (χ1n) is 7.98. The van der Waals surface area contributed by atoms with Crippen molar-refractivity contribution < 1.29 is 4.79 Å². The minimum atomic E-state index is -0.180. The van der Waals surface area contributed by atoms with Gasteiger partial charge in [0, 0.05) is 12.2 Å². The van der Waals surface area contributed by atoms with Gasteiger partial charge in [-0.2, -0.15) is 0 Å². The number of unbranched alkanes of at least 4 members (excludes halogenated alkanes) is 1. The third-order valence-electron chi connectivity index (χ3n) is 3.64. The zero-order chi connectivity index (χ0) is 16.8. The Morgan fingerprint density at radius 3 is 2.35 bits per heavy atom. The minimum Gasteiger partial charge on any atom is -0.351 e. The Morgan fingerprint density at radius 2 is 1.78 bits per heavy atom. The lowest BCUT2D eigenvalue weighted by atomic mass is 10.1. The van der Waals surface area contributed by atoms with Gasteiger partial charge in [-0.25, -0.2) is 0 Å². The fraction of sp³-hybridized carbons (Fsp3) is 0.389. The lowest BCUT2D eigenvalue weighted by molar-refractivity contribution is 0.0947. The van der Waals surface area contributed by atoms with Crippen molar-refractivity contribution in [2.24, 2.45) is 0 Å². The molecule has 2 rings (SSSR count). The fourth-order valence-electron chi connectivity index (χ4n) is 2.49. The zero-order valence-electron chi connectivity index (χ0n) is 14.2. The van der Waals surface area contributed by atoms with Gasteiger partial charge in [0.05, 0.1) is 0 Å². The van der Waals surface area contributed by atoms with Crippen LogP contribution >= 0.6 is 0 Å². The summed E-state index contributed by atoms with van der Waals surface area (Å²) < 4.78 is 0. The van der Waals surface area contributed by atoms with Gasteiger partial charge in [0.25, 0.3) is 5.91 Å². The SMILES string of the molecule is CCCCNC(=O)c1ccc(Nc2c(C)cc(C)cc2C)nn1. The molecule has 1 amide bonds. The Kier molecular flexibility index (Phi) is 5.68. The van der Waals surface area contributed by atoms with Crippen LogP contribution in [0.2, 0.25) is 0 Å². The maximum Gasteiger partial charge on any atom is 0.271 e. The van der Waals surface area contributed by atoms with E-state index in [1.807, 2.05) is 0 Å². The van der Waals surface area contributed by atoms with E-state index in [2.05, 4.69) is 60.7 Å². The molecule has 0 unspecified atom stereocenters. The molecule has 23 heavy (non-hydrogen) atoms. The normalized spacial score (nSPS) is 10.4. The summed E-state index contributed by atoms with van der Waals surface area (Å²) in [5.41, 5.74) is 4.92. The minimum absolute atomic E-state index is 0.180. The number of hydrogen-bond acceptors (Lipinski definition) is 4. The summed E-state index contributed by atoms with van der Waals surface area (Å²) in [4.78, 5) is 11.9. The van der Waals surface area contributed by atoms with Crippen molar-refractivity contribution in [1.29, 1.82) is 0 Å². The molecule has 1 heterocycles. The average molecular weight is 312 g/mol. The topological polar surface area (TPSA) is 66.9 Å². The summed E-state index contributed by atoms with van der Waals surface area (Å²) in [6.07, 6.45) is 2.01. The van der Waals surface area contributed by atoms with E-state index in [4.69, 9.17) is 0 Å². The van der Waals surface area contributed by atoms with Gasteiger partial charge in [-0.05, 0) is 50.5 Å². The molecule has 0 aliphatic carbocycles. The molecule has 0 saturated heterocycles. The Morgan fingerprint density at radius 1 is 1.09 bits per heavy atom. The van der Waals surface area contributed by atoms with Crippen LogP contribution in [0.3, 0.4) is 0 Å². The summed E-state index contributed by atoms with van der Waals surface area (Å²) in [6.45, 7) is 8.95. The van der Waals surface area contributed by atoms with E-state index in [0.717, 1.165) is 29.7 Å². The molecule has 0 fully saturated rings. The van der Waals surface area contributed by atoms with E-state index >= 15 is 0 Å². The highest BCUT2D eigenvalue weighted by Gasteiger charge is 2.09. The number of amides is 1. The number of carbonyl (C=O) groups is 1. The van der Waals surface area contributed by atoms with E-state index in [9.17, 15) is 4.79 Å². The van der Waals surface area contributed by atoms with Crippen LogP contribution in [-0.2, 0) is 0 Å². The number of aromatic nitrogens is 2. The van der Waals surface area contributed by atoms with Gasteiger partial charge in [0.1, 0.15) is 0 Å². The smallest absolute Gasteiger partial charge is 0.271 e. The number of aryl methyl sites for hydroxylation is 3. The largest absolute Gasteiger partial charge is 0.351 e. The van der Waals surface area contributed by atoms with Crippen LogP contribution in [0.25, 0.3) is 0 Å². The number of nitrogens with zero attached hydrogens (tertiary/aromatic N) is 2. The van der Waals surface area contributed by atoms with Crippen molar-refractivity contribution in [2.75, 3.05) is 11.9 Å². The summed E-state index contributed by atoms with van der Waals surface area (Å²) >= 11 is 0. The Balaban J connectivity index is 2.07. The fourth-order valence-corrected chi connectivity index (χ4v) is 2.49. The first kappa shape index (κ1) is 16.9. The summed E-state index contributed by atoms with van der Waals surface area (Å²) in [7, 11) is 0. The van der Waals surface area contributed by atoms with Crippen LogP contribution in [0.1, 0.15) is 46.9 Å². The predicted molar refractivity (Wildman–Crippen MR) is 93.2 cm³/mol. The molecule has 5 nitrogen and oxygen atoms in total. The van der Waals surface area contributed by atoms with Crippen molar-refractivity contribution in [3.8, 4) is 0 Å². The summed E-state index contributed by atoms with van der Waals surface area (Å²) in [5, 5.41) is 14.2. The lowest BCUT2D eigenvalue weighted by Gasteiger charge is -2.13. The molecule has 0 spiro atoms. The monoisotopic (exact) mass is 312 g/mol. The number of nitrogens with one attached hydrogen (secondary N) is 2. The number of rotatable bonds is 6. The number of hydrogen-bond donors (Lipinski definition) is 2. The second-order valence-corrected chi connectivity index (χ2v) is 5.81. The molecule has 0 radical (unpaired) electrons. The van der Waals surface area contributed by atoms with Gasteiger partial charge in [-0.3, -0.25) is 4.79 Å². The molecule has 1 aromatic carbocycles. The van der Waals surface area contributed by atoms with Crippen LogP contribution in [0, 0.1) is 20.8 Å². The van der Waals surface area contributed by atoms with E-state index in [1.165, 1.54) is 5.56 Å². The lowest BCUT2D eigenvalue weighted by Crippen LogP contribution is -2.25. The van der Waals surface area contributed by atoms with Crippen molar-refractivity contribution in [3.63, 3.8) is 0 Å². The van der Waals surface area contributed by atoms with Gasteiger partial charge < -0.3 is 10.6 Å². The molecular weight excluding hydrogens is 288 g/mol. The number of carbonyl (C=O) groups excluding carboxylic acids is 1. The third-order valence-corrected chi connectivity index (χ3v) is 3.64. The van der Waals surface area contributed by atoms with Crippen molar-refractivity contribution in [2.45, 2.75) is 40.5 Å². The molecule has 0 aliphatic rings. The van der Waals surface area contributed by atoms with Crippen molar-refractivity contribution in [1.82, 2.24) is 15.5 Å². The van der Waals surface area contributed by atoms with Gasteiger partial charge in [-0.1, -0.05) is 31.0 Å². The second kappa shape index (κ2) is 7.72. The summed E-state index contributed by atoms with van der Waals surface area (Å²) in [6, 6.07) is 7.71. The number of anilines is 2. The van der Waals surface area contributed by atoms with Gasteiger partial charge in [0.15, 0.2) is 11.5 Å². The van der Waals surface area contributed by atoms with E-state index in [1.54, 1.807) is 12.1 Å². The first-order valence-corrected chi connectivity index (χ1v) is 7.98. The van der Waals surface area contributed by atoms with E-state index in [0.29, 0.717) is 18.1 Å². The molecular formula is C18H24N4O. The molecule has 122 valence electrons. The average Bonchev–Trinajstić information content (AvgIpc) is 2.51. The first-order chi connectivity index (χ1) is 11.0. The van der Waals surface area contributed by atoms with Crippen LogP contribution < -0.4 is 10.6 Å². The van der Waals surface area contributed by atoms with Gasteiger partial charge in [-0.15, -0.1) is 10.2 Å². The molecule has 0 saturated carbocycles. The highest BCUT2D eigenvalue weighted by atomic mass is 16.1. The highest BCUT2D eigenvalue weighted by Crippen LogP contribution is 2.24. The maximum absolute atomic E-state index is 11.9. The Hall–Kier alpha value is -2.43. The van der Waals surface area contributed by atoms with Gasteiger partial charge in [0.2, 0.25) is 0 Å². The van der Waals surface area contributed by atoms with Crippen LogP contribution in [0.5, 0.6) is 0 Å². The van der Waals surface area contributed by atoms with Crippen LogP contribution in [-0.4, -0.2) is 22.6 Å². The third kappa shape index (κ3) is 4.52. The standard InChI is InChI=1S/C18H24N4O/c1-5-6-9-19-18(23)15-7-8-16(22-21-15)20-17-13(3)10-12(2)11-14(17)4/h7-8,10-11H,5-6,9H2,1-4H3,(H,19,23)(H,20,22). The van der Waals surface area contributed by atoms with E-state index < -0.39 is 0 Å². The second-order valence-electron chi connectivity index (χ2n) is 5.81. The van der Waals surface area contributed by atoms with Crippen LogP contribution in [0.15, 0.2) is 24.3 Å². The van der Waals surface area contributed by atoms with Crippen molar-refractivity contribution >= 4 is 17.4 Å². The molecule has 5 heteroatoms. The molecule has 0 bridgehead atoms. The molecule has 2 N–H and O–H groups in total. The maximum atomic E-state index is 11.9. The van der Waals surface area contributed by atoms with E-state index in [-0.39, 0.29) is 5.91 Å². The summed E-state index contributed by atoms with van der Waals surface area (Å²) in [5.74, 6) is 0.449. The quantitative estimate of drug-likeness (QED) is 0.799. The predicted octanol–water partition coefficient (Wildman–Crippen LogP) is 3.68. The number of benzene rings is 1. The van der Waals surface area contributed by atoms with Crippen molar-refractivity contribution in [3.05, 3.63) is 46.6 Å². The zero-order valence-corrected chi connectivity index (χ0v) is 14.2. The molecule has 0 aliphatic heterocycles. The highest BCUT2D eigenvalue weighted by molar-refractivity contribution is 5.92.